The van der Waals surface area contributed by atoms with Crippen LogP contribution in [0.25, 0.3) is 0 Å². The Balaban J connectivity index is 1.72. The van der Waals surface area contributed by atoms with Crippen LogP contribution in [0.15, 0.2) is 95.9 Å². The van der Waals surface area contributed by atoms with Gasteiger partial charge < -0.3 is 5.32 Å². The molecule has 0 radical (unpaired) electrons. The lowest BCUT2D eigenvalue weighted by Gasteiger charge is -2.20. The first-order valence-electron chi connectivity index (χ1n) is 8.73. The largest absolute Gasteiger partial charge is 0.345 e. The Morgan fingerprint density at radius 3 is 1.67 bits per heavy atom. The number of benzene rings is 3. The van der Waals surface area contributed by atoms with Crippen LogP contribution < -0.4 is 5.32 Å². The van der Waals surface area contributed by atoms with E-state index in [1.165, 1.54) is 0 Å². The second-order valence-electron chi connectivity index (χ2n) is 6.20. The van der Waals surface area contributed by atoms with E-state index in [4.69, 9.17) is 0 Å². The molecule has 3 aromatic rings. The van der Waals surface area contributed by atoms with Crippen LogP contribution in [-0.4, -0.2) is 20.1 Å². The Morgan fingerprint density at radius 2 is 1.19 bits per heavy atom. The predicted octanol–water partition coefficient (Wildman–Crippen LogP) is 3.76. The molecule has 0 spiro atoms. The van der Waals surface area contributed by atoms with E-state index in [-0.39, 0.29) is 29.0 Å². The molecule has 0 atom stereocenters. The third-order valence-electron chi connectivity index (χ3n) is 4.27. The van der Waals surface area contributed by atoms with Gasteiger partial charge >= 0.3 is 0 Å². The summed E-state index contributed by atoms with van der Waals surface area (Å²) >= 11 is 0. The van der Waals surface area contributed by atoms with Gasteiger partial charge in [-0.3, -0.25) is 4.79 Å². The van der Waals surface area contributed by atoms with E-state index in [9.17, 15) is 13.2 Å². The van der Waals surface area contributed by atoms with E-state index in [0.717, 1.165) is 11.1 Å². The zero-order chi connectivity index (χ0) is 19.1. The fourth-order valence-electron chi connectivity index (χ4n) is 2.86. The molecule has 0 fully saturated rings. The number of carbonyl (C=O) groups excluding carboxylic acids is 1. The smallest absolute Gasteiger partial charge is 0.221 e. The van der Waals surface area contributed by atoms with Crippen molar-refractivity contribution in [3.63, 3.8) is 0 Å². The number of carbonyl (C=O) groups is 1. The van der Waals surface area contributed by atoms with Gasteiger partial charge in [-0.15, -0.1) is 0 Å². The molecule has 0 unspecified atom stereocenters. The summed E-state index contributed by atoms with van der Waals surface area (Å²) in [4.78, 5) is 12.7. The lowest BCUT2D eigenvalue weighted by molar-refractivity contribution is -0.121. The zero-order valence-electron chi connectivity index (χ0n) is 14.8. The molecule has 27 heavy (non-hydrogen) atoms. The predicted molar refractivity (Wildman–Crippen MR) is 106 cm³/mol. The Kier molecular flexibility index (Phi) is 6.04. The highest BCUT2D eigenvalue weighted by Crippen LogP contribution is 2.22. The summed E-state index contributed by atoms with van der Waals surface area (Å²) in [7, 11) is -3.48. The van der Waals surface area contributed by atoms with Gasteiger partial charge in [0.2, 0.25) is 5.91 Å². The third kappa shape index (κ3) is 5.05. The molecule has 0 heterocycles. The van der Waals surface area contributed by atoms with Crippen LogP contribution in [0, 0.1) is 0 Å². The molecular formula is C22H21NO3S. The van der Waals surface area contributed by atoms with Crippen LogP contribution >= 0.6 is 0 Å². The molecule has 1 amide bonds. The molecule has 0 aliphatic heterocycles. The zero-order valence-corrected chi connectivity index (χ0v) is 15.6. The van der Waals surface area contributed by atoms with Crippen LogP contribution in [0.4, 0.5) is 0 Å². The molecule has 5 heteroatoms. The molecule has 0 aliphatic rings. The Morgan fingerprint density at radius 1 is 0.741 bits per heavy atom. The summed E-state index contributed by atoms with van der Waals surface area (Å²) in [5.74, 6) is -0.522. The SMILES string of the molecule is O=C(CCS(=O)(=O)c1ccccc1)NC(c1ccccc1)c1ccccc1. The van der Waals surface area contributed by atoms with Crippen molar-refractivity contribution in [2.24, 2.45) is 0 Å². The molecule has 0 aromatic heterocycles. The second kappa shape index (κ2) is 8.64. The average molecular weight is 379 g/mol. The summed E-state index contributed by atoms with van der Waals surface area (Å²) in [6, 6.07) is 27.1. The van der Waals surface area contributed by atoms with Crippen LogP contribution in [0.2, 0.25) is 0 Å². The highest BCUT2D eigenvalue weighted by atomic mass is 32.2. The van der Waals surface area contributed by atoms with Gasteiger partial charge in [-0.25, -0.2) is 8.42 Å². The van der Waals surface area contributed by atoms with Gasteiger partial charge in [-0.2, -0.15) is 0 Å². The highest BCUT2D eigenvalue weighted by molar-refractivity contribution is 7.91. The summed E-state index contributed by atoms with van der Waals surface area (Å²) in [5.41, 5.74) is 1.89. The number of rotatable bonds is 7. The maximum atomic E-state index is 12.5. The minimum atomic E-state index is -3.48. The molecule has 4 nitrogen and oxygen atoms in total. The van der Waals surface area contributed by atoms with Gasteiger partial charge in [-0.1, -0.05) is 78.9 Å². The summed E-state index contributed by atoms with van der Waals surface area (Å²) in [6.07, 6.45) is -0.0899. The first-order valence-corrected chi connectivity index (χ1v) is 10.4. The van der Waals surface area contributed by atoms with E-state index >= 15 is 0 Å². The maximum Gasteiger partial charge on any atom is 0.221 e. The lowest BCUT2D eigenvalue weighted by atomic mass is 9.98. The summed E-state index contributed by atoms with van der Waals surface area (Å²) < 4.78 is 24.8. The molecule has 3 aromatic carbocycles. The van der Waals surface area contributed by atoms with Crippen molar-refractivity contribution in [1.82, 2.24) is 5.32 Å². The summed E-state index contributed by atoms with van der Waals surface area (Å²) in [5, 5.41) is 2.97. The third-order valence-corrected chi connectivity index (χ3v) is 6.00. The van der Waals surface area contributed by atoms with Crippen LogP contribution in [0.1, 0.15) is 23.6 Å². The van der Waals surface area contributed by atoms with Gasteiger partial charge in [0.15, 0.2) is 9.84 Å². The number of hydrogen-bond donors (Lipinski definition) is 1. The topological polar surface area (TPSA) is 63.2 Å². The number of hydrogen-bond acceptors (Lipinski definition) is 3. The second-order valence-corrected chi connectivity index (χ2v) is 8.31. The summed E-state index contributed by atoms with van der Waals surface area (Å²) in [6.45, 7) is 0. The first kappa shape index (κ1) is 18.9. The number of sulfone groups is 1. The minimum Gasteiger partial charge on any atom is -0.345 e. The van der Waals surface area contributed by atoms with E-state index in [2.05, 4.69) is 5.32 Å². The average Bonchev–Trinajstić information content (AvgIpc) is 2.72. The molecule has 0 saturated heterocycles. The molecule has 138 valence electrons. The van der Waals surface area contributed by atoms with Gasteiger partial charge in [-0.05, 0) is 23.3 Å². The van der Waals surface area contributed by atoms with Crippen molar-refractivity contribution in [2.75, 3.05) is 5.75 Å². The monoisotopic (exact) mass is 379 g/mol. The standard InChI is InChI=1S/C22H21NO3S/c24-21(16-17-27(25,26)20-14-8-3-9-15-20)23-22(18-10-4-1-5-11-18)19-12-6-2-7-13-19/h1-15,22H,16-17H2,(H,23,24). The molecular weight excluding hydrogens is 358 g/mol. The quantitative estimate of drug-likeness (QED) is 0.680. The van der Waals surface area contributed by atoms with E-state index in [1.807, 2.05) is 60.7 Å². The van der Waals surface area contributed by atoms with E-state index in [0.29, 0.717) is 0 Å². The van der Waals surface area contributed by atoms with Crippen molar-refractivity contribution in [1.29, 1.82) is 0 Å². The fraction of sp³-hybridized carbons (Fsp3) is 0.136. The van der Waals surface area contributed by atoms with Gasteiger partial charge in [0.1, 0.15) is 0 Å². The van der Waals surface area contributed by atoms with Crippen LogP contribution in [-0.2, 0) is 14.6 Å². The van der Waals surface area contributed by atoms with Crippen LogP contribution in [0.3, 0.4) is 0 Å². The van der Waals surface area contributed by atoms with E-state index < -0.39 is 9.84 Å². The molecule has 0 saturated carbocycles. The fourth-order valence-corrected chi connectivity index (χ4v) is 4.12. The van der Waals surface area contributed by atoms with Gasteiger partial charge in [0.05, 0.1) is 16.7 Å². The van der Waals surface area contributed by atoms with Gasteiger partial charge in [0, 0.05) is 6.42 Å². The highest BCUT2D eigenvalue weighted by Gasteiger charge is 2.20. The Labute approximate surface area is 159 Å². The van der Waals surface area contributed by atoms with Gasteiger partial charge in [0.25, 0.3) is 0 Å². The van der Waals surface area contributed by atoms with Crippen molar-refractivity contribution < 1.29 is 13.2 Å². The Hall–Kier alpha value is -2.92. The van der Waals surface area contributed by atoms with Crippen molar-refractivity contribution in [2.45, 2.75) is 17.4 Å². The lowest BCUT2D eigenvalue weighted by Crippen LogP contribution is -2.30. The Bertz CT molecular complexity index is 932. The van der Waals surface area contributed by atoms with E-state index in [1.54, 1.807) is 30.3 Å². The molecule has 0 aliphatic carbocycles. The molecule has 0 bridgehead atoms. The molecule has 3 rings (SSSR count). The van der Waals surface area contributed by atoms with Crippen LogP contribution in [0.5, 0.6) is 0 Å². The first-order chi connectivity index (χ1) is 13.1. The van der Waals surface area contributed by atoms with Crippen molar-refractivity contribution in [3.8, 4) is 0 Å². The van der Waals surface area contributed by atoms with Crippen molar-refractivity contribution in [3.05, 3.63) is 102 Å². The minimum absolute atomic E-state index is 0.0899. The normalized spacial score (nSPS) is 11.3. The number of amides is 1. The number of nitrogens with one attached hydrogen (secondary N) is 1. The van der Waals surface area contributed by atoms with Crippen molar-refractivity contribution >= 4 is 15.7 Å². The maximum absolute atomic E-state index is 12.5. The molecule has 1 N–H and O–H groups in total.